The first-order valence-corrected chi connectivity index (χ1v) is 12.8. The number of thioether (sulfide) groups is 1. The Kier molecular flexibility index (Phi) is 6.99. The van der Waals surface area contributed by atoms with E-state index in [1.54, 1.807) is 18.9 Å². The van der Waals surface area contributed by atoms with Gasteiger partial charge in [-0.3, -0.25) is 19.1 Å². The molecule has 33 heavy (non-hydrogen) atoms. The standard InChI is InChI=1S/C24H30N4O3S2/c1-14-12-27(13-15(2)31-14)21-18(16(3)19(11-25)22(29)26(21)4)10-20-23(30)28(24(32)33-20)17-8-6-5-7-9-17/h10,14-15,17H,5-9,12-13H2,1-4H3. The van der Waals surface area contributed by atoms with Gasteiger partial charge in [0.25, 0.3) is 11.5 Å². The van der Waals surface area contributed by atoms with Crippen LogP contribution in [-0.4, -0.2) is 51.0 Å². The van der Waals surface area contributed by atoms with E-state index < -0.39 is 0 Å². The van der Waals surface area contributed by atoms with Crippen LogP contribution in [0.1, 0.15) is 62.6 Å². The summed E-state index contributed by atoms with van der Waals surface area (Å²) in [5.74, 6) is 0.639. The Morgan fingerprint density at radius 2 is 1.79 bits per heavy atom. The summed E-state index contributed by atoms with van der Waals surface area (Å²) in [7, 11) is 1.69. The van der Waals surface area contributed by atoms with Gasteiger partial charge in [0.1, 0.15) is 21.8 Å². The largest absolute Gasteiger partial charge is 0.372 e. The van der Waals surface area contributed by atoms with E-state index in [9.17, 15) is 14.9 Å². The first-order chi connectivity index (χ1) is 15.7. The molecule has 2 aliphatic heterocycles. The van der Waals surface area contributed by atoms with Crippen LogP contribution in [0.5, 0.6) is 0 Å². The molecule has 3 aliphatic rings. The lowest BCUT2D eigenvalue weighted by molar-refractivity contribution is -0.124. The summed E-state index contributed by atoms with van der Waals surface area (Å²) < 4.78 is 8.02. The number of carbonyl (C=O) groups is 1. The fourth-order valence-electron chi connectivity index (χ4n) is 5.21. The highest BCUT2D eigenvalue weighted by molar-refractivity contribution is 8.26. The van der Waals surface area contributed by atoms with E-state index in [-0.39, 0.29) is 35.3 Å². The number of ether oxygens (including phenoxy) is 1. The van der Waals surface area contributed by atoms with Crippen molar-refractivity contribution in [2.75, 3.05) is 18.0 Å². The Labute approximate surface area is 204 Å². The summed E-state index contributed by atoms with van der Waals surface area (Å²) in [5, 5.41) is 9.68. The maximum atomic E-state index is 13.4. The number of hydrogen-bond acceptors (Lipinski definition) is 7. The monoisotopic (exact) mass is 486 g/mol. The maximum Gasteiger partial charge on any atom is 0.270 e. The number of aromatic nitrogens is 1. The van der Waals surface area contributed by atoms with Gasteiger partial charge in [-0.1, -0.05) is 43.2 Å². The number of morpholine rings is 1. The number of hydrogen-bond donors (Lipinski definition) is 0. The minimum atomic E-state index is -0.330. The Morgan fingerprint density at radius 3 is 2.39 bits per heavy atom. The van der Waals surface area contributed by atoms with E-state index >= 15 is 0 Å². The molecule has 0 bridgehead atoms. The van der Waals surface area contributed by atoms with Crippen molar-refractivity contribution in [3.05, 3.63) is 31.9 Å². The van der Waals surface area contributed by atoms with Crippen LogP contribution in [0.3, 0.4) is 0 Å². The van der Waals surface area contributed by atoms with E-state index in [1.807, 2.05) is 19.9 Å². The predicted octanol–water partition coefficient (Wildman–Crippen LogP) is 3.71. The van der Waals surface area contributed by atoms with Gasteiger partial charge in [-0.2, -0.15) is 5.26 Å². The summed E-state index contributed by atoms with van der Waals surface area (Å²) in [6, 6.07) is 2.22. The van der Waals surface area contributed by atoms with Crippen LogP contribution in [0.25, 0.3) is 6.08 Å². The quantitative estimate of drug-likeness (QED) is 0.476. The molecule has 3 heterocycles. The number of pyridine rings is 1. The lowest BCUT2D eigenvalue weighted by Crippen LogP contribution is -2.47. The first-order valence-electron chi connectivity index (χ1n) is 11.5. The van der Waals surface area contributed by atoms with Gasteiger partial charge in [0, 0.05) is 31.7 Å². The van der Waals surface area contributed by atoms with Crippen molar-refractivity contribution in [2.24, 2.45) is 7.05 Å². The number of thiocarbonyl (C=S) groups is 1. The molecule has 0 N–H and O–H groups in total. The fraction of sp³-hybridized carbons (Fsp3) is 0.583. The third-order valence-corrected chi connectivity index (χ3v) is 8.06. The number of nitriles is 1. The highest BCUT2D eigenvalue weighted by Crippen LogP contribution is 2.39. The lowest BCUT2D eigenvalue weighted by Gasteiger charge is -2.38. The molecule has 9 heteroatoms. The fourth-order valence-corrected chi connectivity index (χ4v) is 6.59. The van der Waals surface area contributed by atoms with Gasteiger partial charge < -0.3 is 9.64 Å². The summed E-state index contributed by atoms with van der Waals surface area (Å²) >= 11 is 6.92. The molecule has 7 nitrogen and oxygen atoms in total. The molecule has 4 rings (SSSR count). The summed E-state index contributed by atoms with van der Waals surface area (Å²) in [6.45, 7) is 7.03. The van der Waals surface area contributed by atoms with E-state index in [1.165, 1.54) is 22.7 Å². The number of rotatable bonds is 3. The smallest absolute Gasteiger partial charge is 0.270 e. The van der Waals surface area contributed by atoms with Crippen LogP contribution < -0.4 is 10.5 Å². The lowest BCUT2D eigenvalue weighted by atomic mass is 9.94. The topological polar surface area (TPSA) is 78.6 Å². The molecule has 2 unspecified atom stereocenters. The molecular formula is C24H30N4O3S2. The van der Waals surface area contributed by atoms with Crippen molar-refractivity contribution in [3.8, 4) is 6.07 Å². The van der Waals surface area contributed by atoms with Crippen LogP contribution >= 0.6 is 24.0 Å². The number of carbonyl (C=O) groups excluding carboxylic acids is 1. The molecule has 0 aromatic carbocycles. The molecule has 1 aliphatic carbocycles. The SMILES string of the molecule is Cc1c(C=C2SC(=S)N(C3CCCCC3)C2=O)c(N2CC(C)OC(C)C2)n(C)c(=O)c1C#N. The van der Waals surface area contributed by atoms with Gasteiger partial charge in [0.2, 0.25) is 0 Å². The second-order valence-corrected chi connectivity index (χ2v) is 10.9. The maximum absolute atomic E-state index is 13.4. The van der Waals surface area contributed by atoms with Gasteiger partial charge in [0.15, 0.2) is 0 Å². The van der Waals surface area contributed by atoms with Crippen LogP contribution in [0.15, 0.2) is 9.70 Å². The van der Waals surface area contributed by atoms with Gasteiger partial charge in [-0.25, -0.2) is 0 Å². The first kappa shape index (κ1) is 24.0. The van der Waals surface area contributed by atoms with Crippen molar-refractivity contribution in [1.29, 1.82) is 5.26 Å². The second kappa shape index (κ2) is 9.61. The van der Waals surface area contributed by atoms with Crippen molar-refractivity contribution in [3.63, 3.8) is 0 Å². The van der Waals surface area contributed by atoms with Crippen molar-refractivity contribution in [1.82, 2.24) is 9.47 Å². The van der Waals surface area contributed by atoms with Gasteiger partial charge in [0.05, 0.1) is 17.1 Å². The van der Waals surface area contributed by atoms with Gasteiger partial charge in [-0.05, 0) is 45.3 Å². The minimum absolute atomic E-state index is 0.00263. The van der Waals surface area contributed by atoms with E-state index in [2.05, 4.69) is 11.0 Å². The average molecular weight is 487 g/mol. The van der Waals surface area contributed by atoms with E-state index in [0.717, 1.165) is 31.2 Å². The molecule has 176 valence electrons. The van der Waals surface area contributed by atoms with Gasteiger partial charge in [-0.15, -0.1) is 0 Å². The van der Waals surface area contributed by atoms with E-state index in [4.69, 9.17) is 17.0 Å². The van der Waals surface area contributed by atoms with Crippen LogP contribution in [0.2, 0.25) is 0 Å². The van der Waals surface area contributed by atoms with E-state index in [0.29, 0.717) is 33.7 Å². The molecule has 1 amide bonds. The summed E-state index contributed by atoms with van der Waals surface area (Å²) in [6.07, 6.45) is 7.22. The van der Waals surface area contributed by atoms with Crippen LogP contribution in [-0.2, 0) is 16.6 Å². The van der Waals surface area contributed by atoms with Crippen molar-refractivity contribution in [2.45, 2.75) is 71.1 Å². The molecular weight excluding hydrogens is 456 g/mol. The zero-order valence-corrected chi connectivity index (χ0v) is 21.2. The normalized spacial score (nSPS) is 25.7. The molecule has 1 aromatic heterocycles. The zero-order valence-electron chi connectivity index (χ0n) is 19.6. The highest BCUT2D eigenvalue weighted by atomic mass is 32.2. The third kappa shape index (κ3) is 4.48. The molecule has 2 saturated heterocycles. The Balaban J connectivity index is 1.81. The van der Waals surface area contributed by atoms with Crippen molar-refractivity contribution < 1.29 is 9.53 Å². The number of amides is 1. The summed E-state index contributed by atoms with van der Waals surface area (Å²) in [5.41, 5.74) is 1.08. The molecule has 2 atom stereocenters. The van der Waals surface area contributed by atoms with Crippen LogP contribution in [0.4, 0.5) is 5.82 Å². The second-order valence-electron chi connectivity index (χ2n) is 9.22. The molecule has 0 spiro atoms. The molecule has 1 saturated carbocycles. The Hall–Kier alpha value is -2.15. The molecule has 1 aromatic rings. The Bertz CT molecular complexity index is 1100. The predicted molar refractivity (Wildman–Crippen MR) is 135 cm³/mol. The third-order valence-electron chi connectivity index (χ3n) is 6.73. The molecule has 0 radical (unpaired) electrons. The molecule has 3 fully saturated rings. The summed E-state index contributed by atoms with van der Waals surface area (Å²) in [4.78, 5) is 30.8. The van der Waals surface area contributed by atoms with Gasteiger partial charge >= 0.3 is 0 Å². The van der Waals surface area contributed by atoms with Crippen LogP contribution in [0, 0.1) is 18.3 Å². The Morgan fingerprint density at radius 1 is 1.15 bits per heavy atom. The number of nitrogens with zero attached hydrogens (tertiary/aromatic N) is 4. The minimum Gasteiger partial charge on any atom is -0.372 e. The number of anilines is 1. The highest BCUT2D eigenvalue weighted by Gasteiger charge is 2.38. The average Bonchev–Trinajstić information content (AvgIpc) is 3.05. The van der Waals surface area contributed by atoms with Crippen molar-refractivity contribution >= 4 is 46.1 Å². The zero-order chi connectivity index (χ0) is 23.9.